The zero-order chi connectivity index (χ0) is 15.6. The van der Waals surface area contributed by atoms with Crippen LogP contribution in [-0.4, -0.2) is 27.5 Å². The third kappa shape index (κ3) is 4.52. The highest BCUT2D eigenvalue weighted by Crippen LogP contribution is 2.28. The Morgan fingerprint density at radius 3 is 2.30 bits per heavy atom. The topological polar surface area (TPSA) is 79.3 Å². The maximum Gasteiger partial charge on any atom is 0.417 e. The van der Waals surface area contributed by atoms with E-state index in [0.717, 1.165) is 12.1 Å². The molecule has 0 aromatic carbocycles. The Hall–Kier alpha value is -2.12. The maximum atomic E-state index is 12.3. The summed E-state index contributed by atoms with van der Waals surface area (Å²) in [5.74, 6) is -1.83. The van der Waals surface area contributed by atoms with Crippen LogP contribution in [-0.2, 0) is 11.0 Å². The molecular formula is C12H13F3N2O3. The zero-order valence-corrected chi connectivity index (χ0v) is 10.8. The summed E-state index contributed by atoms with van der Waals surface area (Å²) in [6.07, 6.45) is -4.29. The molecule has 0 aliphatic rings. The van der Waals surface area contributed by atoms with Crippen molar-refractivity contribution in [1.82, 2.24) is 10.3 Å². The van der Waals surface area contributed by atoms with Gasteiger partial charge in [0.05, 0.1) is 12.0 Å². The maximum absolute atomic E-state index is 12.3. The summed E-state index contributed by atoms with van der Waals surface area (Å²) in [5.41, 5.74) is -2.21. The number of carbonyl (C=O) groups is 2. The van der Waals surface area contributed by atoms with E-state index >= 15 is 0 Å². The minimum atomic E-state index is -4.52. The summed E-state index contributed by atoms with van der Waals surface area (Å²) >= 11 is 0. The summed E-state index contributed by atoms with van der Waals surface area (Å²) in [6, 6.07) is 1.68. The fourth-order valence-electron chi connectivity index (χ4n) is 1.49. The van der Waals surface area contributed by atoms with Gasteiger partial charge in [-0.2, -0.15) is 13.2 Å². The predicted molar refractivity (Wildman–Crippen MR) is 63.0 cm³/mol. The number of hydrogen-bond donors (Lipinski definition) is 2. The average molecular weight is 290 g/mol. The van der Waals surface area contributed by atoms with Gasteiger partial charge in [0.1, 0.15) is 5.69 Å². The van der Waals surface area contributed by atoms with Crippen LogP contribution in [0.3, 0.4) is 0 Å². The molecule has 5 nitrogen and oxygen atoms in total. The molecule has 0 radical (unpaired) electrons. The van der Waals surface area contributed by atoms with Crippen LogP contribution in [0.4, 0.5) is 13.2 Å². The summed E-state index contributed by atoms with van der Waals surface area (Å²) in [7, 11) is 0. The molecule has 1 rings (SSSR count). The van der Waals surface area contributed by atoms with Crippen molar-refractivity contribution >= 4 is 11.9 Å². The van der Waals surface area contributed by atoms with Crippen molar-refractivity contribution in [2.75, 3.05) is 0 Å². The van der Waals surface area contributed by atoms with Crippen LogP contribution in [0, 0.1) is 0 Å². The third-order valence-corrected chi connectivity index (χ3v) is 2.37. The molecule has 20 heavy (non-hydrogen) atoms. The Kier molecular flexibility index (Phi) is 4.36. The van der Waals surface area contributed by atoms with Crippen molar-refractivity contribution < 1.29 is 27.9 Å². The molecule has 1 heterocycles. The molecule has 0 saturated heterocycles. The fraction of sp³-hybridized carbons (Fsp3) is 0.417. The van der Waals surface area contributed by atoms with Gasteiger partial charge in [0.25, 0.3) is 5.91 Å². The number of amides is 1. The number of nitrogens with zero attached hydrogens (tertiary/aromatic N) is 1. The Balaban J connectivity index is 2.81. The first-order valence-corrected chi connectivity index (χ1v) is 5.59. The van der Waals surface area contributed by atoms with E-state index < -0.39 is 29.2 Å². The lowest BCUT2D eigenvalue weighted by Gasteiger charge is -2.24. The Morgan fingerprint density at radius 2 is 1.90 bits per heavy atom. The van der Waals surface area contributed by atoms with Crippen molar-refractivity contribution in [3.8, 4) is 0 Å². The Labute approximate surface area is 112 Å². The second-order valence-corrected chi connectivity index (χ2v) is 4.84. The van der Waals surface area contributed by atoms with Gasteiger partial charge in [-0.05, 0) is 26.0 Å². The van der Waals surface area contributed by atoms with Gasteiger partial charge in [0, 0.05) is 11.7 Å². The van der Waals surface area contributed by atoms with E-state index in [1.165, 1.54) is 13.8 Å². The molecule has 110 valence electrons. The number of carbonyl (C=O) groups excluding carboxylic acids is 1. The normalized spacial score (nSPS) is 12.1. The third-order valence-electron chi connectivity index (χ3n) is 2.37. The van der Waals surface area contributed by atoms with Gasteiger partial charge < -0.3 is 10.4 Å². The Morgan fingerprint density at radius 1 is 1.30 bits per heavy atom. The van der Waals surface area contributed by atoms with Gasteiger partial charge in [0.15, 0.2) is 0 Å². The summed E-state index contributed by atoms with van der Waals surface area (Å²) < 4.78 is 37.0. The van der Waals surface area contributed by atoms with E-state index in [0.29, 0.717) is 6.20 Å². The van der Waals surface area contributed by atoms with Gasteiger partial charge in [-0.15, -0.1) is 0 Å². The van der Waals surface area contributed by atoms with Gasteiger partial charge in [-0.3, -0.25) is 14.6 Å². The first-order chi connectivity index (χ1) is 9.01. The standard InChI is InChI=1S/C12H13F3N2O3/c1-11(2,5-9(18)19)17-10(20)8-4-3-7(6-16-8)12(13,14)15/h3-4,6H,5H2,1-2H3,(H,17,20)(H,18,19). The van der Waals surface area contributed by atoms with E-state index in [2.05, 4.69) is 10.3 Å². The van der Waals surface area contributed by atoms with Crippen LogP contribution in [0.5, 0.6) is 0 Å². The molecule has 1 amide bonds. The largest absolute Gasteiger partial charge is 0.481 e. The number of alkyl halides is 3. The number of pyridine rings is 1. The molecule has 0 bridgehead atoms. The number of nitrogens with one attached hydrogen (secondary N) is 1. The smallest absolute Gasteiger partial charge is 0.417 e. The number of rotatable bonds is 4. The van der Waals surface area contributed by atoms with Crippen LogP contribution in [0.25, 0.3) is 0 Å². The second kappa shape index (κ2) is 5.48. The number of carboxylic acids is 1. The quantitative estimate of drug-likeness (QED) is 0.889. The lowest BCUT2D eigenvalue weighted by atomic mass is 10.0. The van der Waals surface area contributed by atoms with E-state index in [4.69, 9.17) is 5.11 Å². The van der Waals surface area contributed by atoms with E-state index in [-0.39, 0.29) is 12.1 Å². The molecule has 2 N–H and O–H groups in total. The number of halogens is 3. The first kappa shape index (κ1) is 15.9. The van der Waals surface area contributed by atoms with Gasteiger partial charge >= 0.3 is 12.1 Å². The van der Waals surface area contributed by atoms with E-state index in [1.807, 2.05) is 0 Å². The monoisotopic (exact) mass is 290 g/mol. The molecule has 0 unspecified atom stereocenters. The van der Waals surface area contributed by atoms with Crippen LogP contribution in [0.1, 0.15) is 36.3 Å². The van der Waals surface area contributed by atoms with Crippen molar-refractivity contribution in [3.63, 3.8) is 0 Å². The lowest BCUT2D eigenvalue weighted by Crippen LogP contribution is -2.45. The average Bonchev–Trinajstić information content (AvgIpc) is 2.25. The van der Waals surface area contributed by atoms with Gasteiger partial charge in [-0.1, -0.05) is 0 Å². The summed E-state index contributed by atoms with van der Waals surface area (Å²) in [4.78, 5) is 25.8. The molecule has 0 fully saturated rings. The highest BCUT2D eigenvalue weighted by Gasteiger charge is 2.31. The van der Waals surface area contributed by atoms with Crippen LogP contribution in [0.2, 0.25) is 0 Å². The zero-order valence-electron chi connectivity index (χ0n) is 10.8. The SMILES string of the molecule is CC(C)(CC(=O)O)NC(=O)c1ccc(C(F)(F)F)cn1. The molecule has 0 spiro atoms. The highest BCUT2D eigenvalue weighted by atomic mass is 19.4. The van der Waals surface area contributed by atoms with Crippen molar-refractivity contribution in [3.05, 3.63) is 29.6 Å². The van der Waals surface area contributed by atoms with E-state index in [9.17, 15) is 22.8 Å². The Bertz CT molecular complexity index is 510. The number of carboxylic acid groups (broad SMARTS) is 1. The predicted octanol–water partition coefficient (Wildman–Crippen LogP) is 2.08. The van der Waals surface area contributed by atoms with Crippen molar-refractivity contribution in [2.24, 2.45) is 0 Å². The van der Waals surface area contributed by atoms with E-state index in [1.54, 1.807) is 0 Å². The number of aromatic nitrogens is 1. The first-order valence-electron chi connectivity index (χ1n) is 5.59. The van der Waals surface area contributed by atoms with Crippen LogP contribution in [0.15, 0.2) is 18.3 Å². The second-order valence-electron chi connectivity index (χ2n) is 4.84. The number of aliphatic carboxylic acids is 1. The summed E-state index contributed by atoms with van der Waals surface area (Å²) in [6.45, 7) is 2.98. The van der Waals surface area contributed by atoms with Gasteiger partial charge in [-0.25, -0.2) is 0 Å². The van der Waals surface area contributed by atoms with Crippen molar-refractivity contribution in [2.45, 2.75) is 32.0 Å². The van der Waals surface area contributed by atoms with Crippen LogP contribution >= 0.6 is 0 Å². The molecular weight excluding hydrogens is 277 g/mol. The molecule has 0 saturated carbocycles. The highest BCUT2D eigenvalue weighted by molar-refractivity contribution is 5.93. The minimum absolute atomic E-state index is 0.212. The molecule has 0 atom stereocenters. The molecule has 0 aliphatic heterocycles. The summed E-state index contributed by atoms with van der Waals surface area (Å²) in [5, 5.41) is 11.1. The molecule has 0 aliphatic carbocycles. The van der Waals surface area contributed by atoms with Crippen LogP contribution < -0.4 is 5.32 Å². The minimum Gasteiger partial charge on any atom is -0.481 e. The lowest BCUT2D eigenvalue weighted by molar-refractivity contribution is -0.139. The number of hydrogen-bond acceptors (Lipinski definition) is 3. The fourth-order valence-corrected chi connectivity index (χ4v) is 1.49. The van der Waals surface area contributed by atoms with Gasteiger partial charge in [0.2, 0.25) is 0 Å². The molecule has 1 aromatic heterocycles. The molecule has 8 heteroatoms. The van der Waals surface area contributed by atoms with Crippen molar-refractivity contribution in [1.29, 1.82) is 0 Å². The molecule has 1 aromatic rings.